The van der Waals surface area contributed by atoms with E-state index in [2.05, 4.69) is 15.2 Å². The molecule has 0 aromatic carbocycles. The minimum Gasteiger partial charge on any atom is -0.373 e. The van der Waals surface area contributed by atoms with Gasteiger partial charge in [-0.3, -0.25) is 9.69 Å². The number of pyridine rings is 1. The molecule has 2 aliphatic heterocycles. The Morgan fingerprint density at radius 2 is 2.18 bits per heavy atom. The summed E-state index contributed by atoms with van der Waals surface area (Å²) < 4.78 is 5.82. The quantitative estimate of drug-likeness (QED) is 0.903. The number of anilines is 1. The predicted octanol–water partition coefficient (Wildman–Crippen LogP) is 1.12. The van der Waals surface area contributed by atoms with E-state index in [9.17, 15) is 4.79 Å². The molecule has 0 radical (unpaired) electrons. The van der Waals surface area contributed by atoms with E-state index in [1.165, 1.54) is 12.8 Å². The first-order valence-corrected chi connectivity index (χ1v) is 8.02. The lowest BCUT2D eigenvalue weighted by Crippen LogP contribution is -2.46. The van der Waals surface area contributed by atoms with E-state index in [0.717, 1.165) is 24.6 Å². The average molecular weight is 304 g/mol. The highest BCUT2D eigenvalue weighted by Crippen LogP contribution is 2.22. The van der Waals surface area contributed by atoms with Crippen LogP contribution in [-0.4, -0.2) is 67.1 Å². The number of hydrogen-bond acceptors (Lipinski definition) is 5. The van der Waals surface area contributed by atoms with Crippen LogP contribution in [0.3, 0.4) is 0 Å². The molecule has 3 rings (SSSR count). The summed E-state index contributed by atoms with van der Waals surface area (Å²) >= 11 is 0. The van der Waals surface area contributed by atoms with Crippen LogP contribution in [0.15, 0.2) is 18.2 Å². The minimum absolute atomic E-state index is 0.135. The van der Waals surface area contributed by atoms with Crippen LogP contribution in [-0.2, 0) is 9.53 Å². The van der Waals surface area contributed by atoms with E-state index >= 15 is 0 Å². The van der Waals surface area contributed by atoms with Crippen LogP contribution >= 0.6 is 0 Å². The third-order valence-electron chi connectivity index (χ3n) is 4.33. The minimum atomic E-state index is -0.135. The largest absolute Gasteiger partial charge is 0.373 e. The number of carbonyl (C=O) groups excluding carboxylic acids is 1. The molecule has 0 saturated carbocycles. The van der Waals surface area contributed by atoms with Crippen LogP contribution in [0.5, 0.6) is 0 Å². The first kappa shape index (κ1) is 15.2. The first-order chi connectivity index (χ1) is 10.8. The lowest BCUT2D eigenvalue weighted by Gasteiger charge is -2.33. The zero-order valence-corrected chi connectivity index (χ0v) is 13.1. The highest BCUT2D eigenvalue weighted by Gasteiger charge is 2.27. The molecule has 1 aromatic rings. The molecular weight excluding hydrogens is 280 g/mol. The van der Waals surface area contributed by atoms with Crippen molar-refractivity contribution in [3.63, 3.8) is 0 Å². The van der Waals surface area contributed by atoms with Crippen LogP contribution in [0.1, 0.15) is 24.6 Å². The van der Waals surface area contributed by atoms with Gasteiger partial charge in [0.1, 0.15) is 11.9 Å². The fourth-order valence-corrected chi connectivity index (χ4v) is 3.06. The second-order valence-corrected chi connectivity index (χ2v) is 5.88. The number of rotatable bonds is 4. The topological polar surface area (TPSA) is 57.7 Å². The molecule has 120 valence electrons. The fraction of sp³-hybridized carbons (Fsp3) is 0.625. The highest BCUT2D eigenvalue weighted by atomic mass is 16.5. The molecule has 0 spiro atoms. The molecule has 6 nitrogen and oxygen atoms in total. The SMILES string of the molecule is CNc1cccc([C@H]2CN(C(=O)CN3CCCC3)CCO2)n1. The third kappa shape index (κ3) is 3.56. The molecular formula is C16H24N4O2. The Bertz CT molecular complexity index is 517. The van der Waals surface area contributed by atoms with Crippen LogP contribution in [0, 0.1) is 0 Å². The molecule has 6 heteroatoms. The molecule has 3 heterocycles. The van der Waals surface area contributed by atoms with Gasteiger partial charge in [-0.05, 0) is 38.1 Å². The number of nitrogens with zero attached hydrogens (tertiary/aromatic N) is 3. The molecule has 2 aliphatic rings. The molecule has 1 aromatic heterocycles. The van der Waals surface area contributed by atoms with Gasteiger partial charge in [0.2, 0.25) is 5.91 Å². The smallest absolute Gasteiger partial charge is 0.236 e. The Morgan fingerprint density at radius 1 is 1.36 bits per heavy atom. The average Bonchev–Trinajstić information content (AvgIpc) is 3.08. The van der Waals surface area contributed by atoms with E-state index in [1.807, 2.05) is 30.1 Å². The molecule has 1 atom stereocenters. The maximum absolute atomic E-state index is 12.5. The summed E-state index contributed by atoms with van der Waals surface area (Å²) in [5, 5.41) is 3.03. The van der Waals surface area contributed by atoms with Crippen LogP contribution in [0.25, 0.3) is 0 Å². The fourth-order valence-electron chi connectivity index (χ4n) is 3.06. The van der Waals surface area contributed by atoms with Gasteiger partial charge in [0.25, 0.3) is 0 Å². The zero-order chi connectivity index (χ0) is 15.4. The number of hydrogen-bond donors (Lipinski definition) is 1. The highest BCUT2D eigenvalue weighted by molar-refractivity contribution is 5.78. The van der Waals surface area contributed by atoms with Gasteiger partial charge in [0.05, 0.1) is 25.4 Å². The van der Waals surface area contributed by atoms with Gasteiger partial charge in [0, 0.05) is 13.6 Å². The van der Waals surface area contributed by atoms with Crippen molar-refractivity contribution < 1.29 is 9.53 Å². The molecule has 2 fully saturated rings. The van der Waals surface area contributed by atoms with E-state index in [0.29, 0.717) is 26.2 Å². The molecule has 0 unspecified atom stereocenters. The maximum atomic E-state index is 12.5. The molecule has 22 heavy (non-hydrogen) atoms. The Labute approximate surface area is 131 Å². The number of nitrogens with one attached hydrogen (secondary N) is 1. The number of aromatic nitrogens is 1. The lowest BCUT2D eigenvalue weighted by atomic mass is 10.2. The molecule has 2 saturated heterocycles. The second kappa shape index (κ2) is 7.07. The standard InChI is InChI=1S/C16H24N4O2/c1-17-15-6-4-5-13(18-15)14-11-20(9-10-22-14)16(21)12-19-7-2-3-8-19/h4-6,14H,2-3,7-12H2,1H3,(H,17,18)/t14-/m1/s1. The molecule has 0 aliphatic carbocycles. The van der Waals surface area contributed by atoms with Gasteiger partial charge in [0.15, 0.2) is 0 Å². The Balaban J connectivity index is 1.61. The zero-order valence-electron chi connectivity index (χ0n) is 13.1. The van der Waals surface area contributed by atoms with Crippen molar-refractivity contribution in [2.45, 2.75) is 18.9 Å². The van der Waals surface area contributed by atoms with Crippen molar-refractivity contribution in [3.8, 4) is 0 Å². The van der Waals surface area contributed by atoms with Gasteiger partial charge in [-0.2, -0.15) is 0 Å². The van der Waals surface area contributed by atoms with Crippen LogP contribution in [0.2, 0.25) is 0 Å². The van der Waals surface area contributed by atoms with E-state index < -0.39 is 0 Å². The normalized spacial score (nSPS) is 22.8. The number of amides is 1. The maximum Gasteiger partial charge on any atom is 0.236 e. The Hall–Kier alpha value is -1.66. The van der Waals surface area contributed by atoms with Crippen molar-refractivity contribution in [2.24, 2.45) is 0 Å². The van der Waals surface area contributed by atoms with E-state index in [4.69, 9.17) is 4.74 Å². The van der Waals surface area contributed by atoms with E-state index in [-0.39, 0.29) is 12.0 Å². The summed E-state index contributed by atoms with van der Waals surface area (Å²) in [6.45, 7) is 4.47. The summed E-state index contributed by atoms with van der Waals surface area (Å²) in [4.78, 5) is 21.1. The third-order valence-corrected chi connectivity index (χ3v) is 4.33. The number of likely N-dealkylation sites (tertiary alicyclic amines) is 1. The summed E-state index contributed by atoms with van der Waals surface area (Å²) in [7, 11) is 1.85. The van der Waals surface area contributed by atoms with Crippen molar-refractivity contribution in [1.29, 1.82) is 0 Å². The molecule has 1 amide bonds. The van der Waals surface area contributed by atoms with Crippen molar-refractivity contribution in [3.05, 3.63) is 23.9 Å². The van der Waals surface area contributed by atoms with Gasteiger partial charge in [-0.25, -0.2) is 4.98 Å². The summed E-state index contributed by atoms with van der Waals surface area (Å²) in [6, 6.07) is 5.84. The van der Waals surface area contributed by atoms with Crippen molar-refractivity contribution >= 4 is 11.7 Å². The predicted molar refractivity (Wildman–Crippen MR) is 84.7 cm³/mol. The van der Waals surface area contributed by atoms with Gasteiger partial charge < -0.3 is 15.0 Å². The van der Waals surface area contributed by atoms with E-state index in [1.54, 1.807) is 0 Å². The number of carbonyl (C=O) groups is 1. The van der Waals surface area contributed by atoms with Gasteiger partial charge in [-0.15, -0.1) is 0 Å². The number of morpholine rings is 1. The molecule has 0 bridgehead atoms. The summed E-state index contributed by atoms with van der Waals surface area (Å²) in [5.41, 5.74) is 0.880. The van der Waals surface area contributed by atoms with Crippen molar-refractivity contribution in [2.75, 3.05) is 51.7 Å². The Kier molecular flexibility index (Phi) is 4.90. The number of ether oxygens (including phenoxy) is 1. The van der Waals surface area contributed by atoms with Crippen LogP contribution < -0.4 is 5.32 Å². The van der Waals surface area contributed by atoms with Gasteiger partial charge >= 0.3 is 0 Å². The molecule has 1 N–H and O–H groups in total. The Morgan fingerprint density at radius 3 is 2.95 bits per heavy atom. The monoisotopic (exact) mass is 304 g/mol. The lowest BCUT2D eigenvalue weighted by molar-refractivity contribution is -0.140. The van der Waals surface area contributed by atoms with Crippen molar-refractivity contribution in [1.82, 2.24) is 14.8 Å². The second-order valence-electron chi connectivity index (χ2n) is 5.88. The summed E-state index contributed by atoms with van der Waals surface area (Å²) in [5.74, 6) is 1.03. The first-order valence-electron chi connectivity index (χ1n) is 8.02. The van der Waals surface area contributed by atoms with Crippen LogP contribution in [0.4, 0.5) is 5.82 Å². The van der Waals surface area contributed by atoms with Gasteiger partial charge in [-0.1, -0.05) is 6.07 Å². The summed E-state index contributed by atoms with van der Waals surface area (Å²) in [6.07, 6.45) is 2.28.